The van der Waals surface area contributed by atoms with E-state index in [0.717, 1.165) is 12.8 Å². The molecular weight excluding hydrogens is 224 g/mol. The van der Waals surface area contributed by atoms with Gasteiger partial charge in [-0.3, -0.25) is 9.79 Å². The molecule has 0 saturated carbocycles. The topological polar surface area (TPSA) is 108 Å². The molecule has 1 rings (SSSR count). The average molecular weight is 245 g/mol. The van der Waals surface area contributed by atoms with Gasteiger partial charge < -0.3 is 15.5 Å². The molecule has 1 saturated heterocycles. The Morgan fingerprint density at radius 1 is 1.47 bits per heavy atom. The third-order valence-corrected chi connectivity index (χ3v) is 2.69. The van der Waals surface area contributed by atoms with E-state index in [9.17, 15) is 15.0 Å². The highest BCUT2D eigenvalue weighted by molar-refractivity contribution is 5.81. The van der Waals surface area contributed by atoms with Crippen LogP contribution in [0.3, 0.4) is 0 Å². The Balaban J connectivity index is 2.24. The maximum atomic E-state index is 11.1. The lowest BCUT2D eigenvalue weighted by Crippen LogP contribution is -2.78. The molecule has 0 aromatic carbocycles. The van der Waals surface area contributed by atoms with Gasteiger partial charge in [0.25, 0.3) is 0 Å². The van der Waals surface area contributed by atoms with Gasteiger partial charge in [-0.2, -0.15) is 0 Å². The van der Waals surface area contributed by atoms with Crippen molar-refractivity contribution in [1.29, 1.82) is 0 Å². The number of carbonyl (C=O) groups is 1. The van der Waals surface area contributed by atoms with Gasteiger partial charge in [0.15, 0.2) is 0 Å². The van der Waals surface area contributed by atoms with E-state index in [4.69, 9.17) is 0 Å². The molecule has 3 unspecified atom stereocenters. The number of guanidine groups is 1. The lowest BCUT2D eigenvalue weighted by molar-refractivity contribution is -0.462. The van der Waals surface area contributed by atoms with Crippen LogP contribution in [0.25, 0.3) is 0 Å². The number of likely N-dealkylation sites (N-methyl/N-ethyl adjacent to an activating group) is 1. The maximum Gasteiger partial charge on any atom is 0.348 e. The summed E-state index contributed by atoms with van der Waals surface area (Å²) < 4.78 is 0. The monoisotopic (exact) mass is 245 g/mol. The van der Waals surface area contributed by atoms with E-state index in [1.807, 2.05) is 0 Å². The molecule has 0 bridgehead atoms. The number of ketones is 1. The molecule has 6 N–H and O–H groups in total. The molecule has 0 amide bonds. The number of aliphatic hydroxyl groups excluding tert-OH is 2. The fourth-order valence-electron chi connectivity index (χ4n) is 1.67. The van der Waals surface area contributed by atoms with Gasteiger partial charge in [0.05, 0.1) is 12.6 Å². The molecule has 0 aromatic rings. The molecule has 0 spiro atoms. The fourth-order valence-corrected chi connectivity index (χ4v) is 1.67. The Hall–Kier alpha value is -1.18. The zero-order valence-electron chi connectivity index (χ0n) is 10.2. The summed E-state index contributed by atoms with van der Waals surface area (Å²) in [6.45, 7) is 2.22. The Labute approximate surface area is 100 Å². The van der Waals surface area contributed by atoms with E-state index in [-0.39, 0.29) is 11.8 Å². The molecule has 7 heteroatoms. The van der Waals surface area contributed by atoms with Gasteiger partial charge in [-0.05, 0) is 26.8 Å². The fraction of sp³-hybridized carbons (Fsp3) is 0.800. The van der Waals surface area contributed by atoms with E-state index in [2.05, 4.69) is 20.9 Å². The summed E-state index contributed by atoms with van der Waals surface area (Å²) in [6, 6.07) is -0.109. The first-order valence-corrected chi connectivity index (χ1v) is 5.72. The molecule has 17 heavy (non-hydrogen) atoms. The van der Waals surface area contributed by atoms with E-state index in [1.54, 1.807) is 14.0 Å². The van der Waals surface area contributed by atoms with Gasteiger partial charge in [-0.1, -0.05) is 0 Å². The lowest BCUT2D eigenvalue weighted by atomic mass is 10.1. The van der Waals surface area contributed by atoms with E-state index >= 15 is 0 Å². The number of hydrogen-bond acceptors (Lipinski definition) is 4. The van der Waals surface area contributed by atoms with Crippen LogP contribution >= 0.6 is 0 Å². The summed E-state index contributed by atoms with van der Waals surface area (Å²) >= 11 is 0. The predicted octanol–water partition coefficient (Wildman–Crippen LogP) is -3.79. The minimum atomic E-state index is -0.986. The van der Waals surface area contributed by atoms with Crippen molar-refractivity contribution in [3.8, 4) is 0 Å². The molecule has 0 aromatic heterocycles. The van der Waals surface area contributed by atoms with Gasteiger partial charge in [0.2, 0.25) is 12.5 Å². The van der Waals surface area contributed by atoms with Gasteiger partial charge in [-0.25, -0.2) is 10.6 Å². The summed E-state index contributed by atoms with van der Waals surface area (Å²) in [6.07, 6.45) is -0.416. The number of rotatable bonds is 6. The third kappa shape index (κ3) is 4.29. The summed E-state index contributed by atoms with van der Waals surface area (Å²) in [7, 11) is 1.76. The largest absolute Gasteiger partial charge is 0.357 e. The first kappa shape index (κ1) is 13.9. The number of carbonyl (C=O) groups excluding carboxylic acids is 1. The van der Waals surface area contributed by atoms with Crippen LogP contribution in [0.2, 0.25) is 0 Å². The number of hydrogen-bond donors (Lipinski definition) is 6. The summed E-state index contributed by atoms with van der Waals surface area (Å²) in [4.78, 5) is 14.1. The zero-order chi connectivity index (χ0) is 12.8. The highest BCUT2D eigenvalue weighted by Gasteiger charge is 2.32. The van der Waals surface area contributed by atoms with Crippen LogP contribution in [0.15, 0.2) is 0 Å². The van der Waals surface area contributed by atoms with Crippen molar-refractivity contribution < 1.29 is 20.0 Å². The predicted molar refractivity (Wildman–Crippen MR) is 61.9 cm³/mol. The van der Waals surface area contributed by atoms with Crippen LogP contribution in [0.5, 0.6) is 0 Å². The minimum absolute atomic E-state index is 0.109. The van der Waals surface area contributed by atoms with Crippen LogP contribution in [0.4, 0.5) is 0 Å². The Bertz CT molecular complexity index is 283. The lowest BCUT2D eigenvalue weighted by Gasteiger charge is -2.10. The Kier molecular flexibility index (Phi) is 5.33. The van der Waals surface area contributed by atoms with Crippen molar-refractivity contribution in [3.63, 3.8) is 0 Å². The number of nitrogens with one attached hydrogen (secondary N) is 4. The molecule has 98 valence electrons. The first-order chi connectivity index (χ1) is 8.04. The first-order valence-electron chi connectivity index (χ1n) is 5.72. The van der Waals surface area contributed by atoms with Gasteiger partial charge in [0, 0.05) is 0 Å². The molecule has 1 fully saturated rings. The van der Waals surface area contributed by atoms with Crippen molar-refractivity contribution in [2.45, 2.75) is 38.3 Å². The van der Waals surface area contributed by atoms with Crippen LogP contribution in [0.1, 0.15) is 19.8 Å². The highest BCUT2D eigenvalue weighted by Crippen LogP contribution is 1.95. The Morgan fingerprint density at radius 3 is 2.53 bits per heavy atom. The minimum Gasteiger partial charge on any atom is -0.357 e. The molecular formula is C10H21N4O3+. The van der Waals surface area contributed by atoms with E-state index in [0.29, 0.717) is 12.5 Å². The number of aliphatic hydroxyl groups is 2. The third-order valence-electron chi connectivity index (χ3n) is 2.69. The second kappa shape index (κ2) is 6.53. The van der Waals surface area contributed by atoms with E-state index in [1.165, 1.54) is 0 Å². The summed E-state index contributed by atoms with van der Waals surface area (Å²) in [5, 5.41) is 26.6. The van der Waals surface area contributed by atoms with Gasteiger partial charge in [0.1, 0.15) is 5.78 Å². The van der Waals surface area contributed by atoms with Gasteiger partial charge in [-0.15, -0.1) is 0 Å². The zero-order valence-corrected chi connectivity index (χ0v) is 10.2. The standard InChI is InChI=1S/C10H20N4O3/c1-6(15)7(11-2)4-3-5-12-10-13-8(16)9(17)14-10/h7-9,11,16-17H,3-5H2,1-2H3,(H2,12,13,14)/p+1. The number of Topliss-reactive ketones (excluding diaryl/α,β-unsaturated/α-hetero) is 1. The van der Waals surface area contributed by atoms with Crippen molar-refractivity contribution >= 4 is 11.7 Å². The van der Waals surface area contributed by atoms with Gasteiger partial charge >= 0.3 is 5.96 Å². The van der Waals surface area contributed by atoms with E-state index < -0.39 is 12.5 Å². The Morgan fingerprint density at radius 2 is 2.06 bits per heavy atom. The normalized spacial score (nSPS) is 25.1. The van der Waals surface area contributed by atoms with Crippen LogP contribution in [-0.4, -0.2) is 54.0 Å². The summed E-state index contributed by atoms with van der Waals surface area (Å²) in [5.41, 5.74) is 0. The molecule has 1 aliphatic heterocycles. The SMILES string of the molecule is CNC(CCC[NH+]=C1NC(O)C(O)N1)C(C)=O. The van der Waals surface area contributed by atoms with Crippen molar-refractivity contribution in [1.82, 2.24) is 16.0 Å². The van der Waals surface area contributed by atoms with Crippen LogP contribution in [0, 0.1) is 0 Å². The molecule has 0 aliphatic carbocycles. The maximum absolute atomic E-state index is 11.1. The smallest absolute Gasteiger partial charge is 0.348 e. The molecule has 1 aliphatic rings. The van der Waals surface area contributed by atoms with Crippen molar-refractivity contribution in [2.75, 3.05) is 13.6 Å². The molecule has 7 nitrogen and oxygen atoms in total. The quantitative estimate of drug-likeness (QED) is 0.268. The van der Waals surface area contributed by atoms with Crippen LogP contribution < -0.4 is 20.9 Å². The molecule has 1 heterocycles. The average Bonchev–Trinajstić information content (AvgIpc) is 2.58. The van der Waals surface area contributed by atoms with Crippen molar-refractivity contribution in [2.24, 2.45) is 0 Å². The van der Waals surface area contributed by atoms with Crippen molar-refractivity contribution in [3.05, 3.63) is 0 Å². The molecule has 3 atom stereocenters. The summed E-state index contributed by atoms with van der Waals surface area (Å²) in [5.74, 6) is 0.636. The second-order valence-electron chi connectivity index (χ2n) is 4.07. The highest BCUT2D eigenvalue weighted by atomic mass is 16.4. The van der Waals surface area contributed by atoms with Crippen LogP contribution in [-0.2, 0) is 4.79 Å². The molecule has 0 radical (unpaired) electrons. The second-order valence-corrected chi connectivity index (χ2v) is 4.07.